The Balaban J connectivity index is 1.18. The van der Waals surface area contributed by atoms with Crippen molar-refractivity contribution in [2.45, 2.75) is 6.92 Å². The molecule has 2 aliphatic rings. The van der Waals surface area contributed by atoms with Crippen LogP contribution in [0.25, 0.3) is 16.9 Å². The van der Waals surface area contributed by atoms with Crippen LogP contribution in [-0.2, 0) is 0 Å². The van der Waals surface area contributed by atoms with Crippen molar-refractivity contribution >= 4 is 11.9 Å². The van der Waals surface area contributed by atoms with Crippen LogP contribution in [0.4, 0.5) is 5.95 Å². The van der Waals surface area contributed by atoms with Crippen LogP contribution in [0.1, 0.15) is 15.9 Å². The molecule has 4 aromatic rings. The summed E-state index contributed by atoms with van der Waals surface area (Å²) in [6.07, 6.45) is 5.08. The molecular formula is C26H25N7O. The quantitative estimate of drug-likeness (QED) is 0.474. The number of likely N-dealkylation sites (tertiary alicyclic amines) is 1. The van der Waals surface area contributed by atoms with E-state index in [9.17, 15) is 4.79 Å². The van der Waals surface area contributed by atoms with E-state index in [-0.39, 0.29) is 5.91 Å². The molecular weight excluding hydrogens is 426 g/mol. The van der Waals surface area contributed by atoms with Gasteiger partial charge in [0.05, 0.1) is 29.3 Å². The standard InChI is InChI=1S/C26H25N7O/c1-18-7-8-24(33-28-11-12-29-33)22(13-18)25(34)31-14-20-16-32(17-21(20)15-31)26-27-10-9-23(30-26)19-5-3-2-4-6-19/h2-13,20-21H,14-17H2,1H3. The van der Waals surface area contributed by atoms with E-state index in [1.807, 2.05) is 60.5 Å². The van der Waals surface area contributed by atoms with Crippen LogP contribution in [0.2, 0.25) is 0 Å². The lowest BCUT2D eigenvalue weighted by atomic mass is 10.0. The molecule has 2 aromatic carbocycles. The molecule has 4 heterocycles. The normalized spacial score (nSPS) is 19.4. The topological polar surface area (TPSA) is 80.0 Å². The summed E-state index contributed by atoms with van der Waals surface area (Å²) in [6, 6.07) is 17.9. The molecule has 0 N–H and O–H groups in total. The van der Waals surface area contributed by atoms with Gasteiger partial charge >= 0.3 is 0 Å². The molecule has 8 nitrogen and oxygen atoms in total. The maximum atomic E-state index is 13.5. The van der Waals surface area contributed by atoms with Crippen molar-refractivity contribution in [3.8, 4) is 16.9 Å². The molecule has 0 saturated carbocycles. The summed E-state index contributed by atoms with van der Waals surface area (Å²) in [5.74, 6) is 1.62. The predicted molar refractivity (Wildman–Crippen MR) is 129 cm³/mol. The van der Waals surface area contributed by atoms with Crippen LogP contribution >= 0.6 is 0 Å². The van der Waals surface area contributed by atoms with Gasteiger partial charge in [0.25, 0.3) is 5.91 Å². The third kappa shape index (κ3) is 3.71. The van der Waals surface area contributed by atoms with E-state index in [4.69, 9.17) is 4.98 Å². The second-order valence-corrected chi connectivity index (χ2v) is 9.08. The van der Waals surface area contributed by atoms with Gasteiger partial charge in [-0.15, -0.1) is 0 Å². The first-order valence-corrected chi connectivity index (χ1v) is 11.6. The minimum Gasteiger partial charge on any atom is -0.340 e. The van der Waals surface area contributed by atoms with Gasteiger partial charge < -0.3 is 9.80 Å². The van der Waals surface area contributed by atoms with Crippen molar-refractivity contribution < 1.29 is 4.79 Å². The van der Waals surface area contributed by atoms with Crippen LogP contribution < -0.4 is 4.90 Å². The van der Waals surface area contributed by atoms with Crippen LogP contribution in [0.15, 0.2) is 73.2 Å². The third-order valence-corrected chi connectivity index (χ3v) is 6.79. The second kappa shape index (κ2) is 8.37. The smallest absolute Gasteiger partial charge is 0.256 e. The molecule has 0 radical (unpaired) electrons. The molecule has 1 amide bonds. The van der Waals surface area contributed by atoms with Crippen molar-refractivity contribution in [1.29, 1.82) is 0 Å². The Morgan fingerprint density at radius 2 is 1.62 bits per heavy atom. The van der Waals surface area contributed by atoms with Crippen molar-refractivity contribution in [2.24, 2.45) is 11.8 Å². The van der Waals surface area contributed by atoms with Gasteiger partial charge in [0, 0.05) is 49.8 Å². The Bertz CT molecular complexity index is 1310. The maximum absolute atomic E-state index is 13.5. The first kappa shape index (κ1) is 20.5. The highest BCUT2D eigenvalue weighted by Gasteiger charge is 2.43. The van der Waals surface area contributed by atoms with Gasteiger partial charge in [0.1, 0.15) is 0 Å². The maximum Gasteiger partial charge on any atom is 0.256 e. The Morgan fingerprint density at radius 3 is 2.35 bits per heavy atom. The first-order chi connectivity index (χ1) is 16.7. The zero-order valence-electron chi connectivity index (χ0n) is 19.0. The average Bonchev–Trinajstić information content (AvgIpc) is 3.61. The number of fused-ring (bicyclic) bond motifs is 1. The summed E-state index contributed by atoms with van der Waals surface area (Å²) < 4.78 is 0. The van der Waals surface area contributed by atoms with E-state index in [1.165, 1.54) is 4.80 Å². The molecule has 0 bridgehead atoms. The average molecular weight is 452 g/mol. The number of amides is 1. The van der Waals surface area contributed by atoms with E-state index < -0.39 is 0 Å². The largest absolute Gasteiger partial charge is 0.340 e. The lowest BCUT2D eigenvalue weighted by Gasteiger charge is -2.23. The van der Waals surface area contributed by atoms with E-state index in [0.717, 1.165) is 48.9 Å². The van der Waals surface area contributed by atoms with Crippen molar-refractivity contribution in [1.82, 2.24) is 29.9 Å². The SMILES string of the molecule is Cc1ccc(-n2nccn2)c(C(=O)N2CC3CN(c4nccc(-c5ccccc5)n4)CC3C2)c1. The van der Waals surface area contributed by atoms with Gasteiger partial charge in [-0.2, -0.15) is 15.0 Å². The number of benzene rings is 2. The molecule has 170 valence electrons. The van der Waals surface area contributed by atoms with Gasteiger partial charge in [-0.25, -0.2) is 9.97 Å². The Morgan fingerprint density at radius 1 is 0.882 bits per heavy atom. The molecule has 0 spiro atoms. The molecule has 8 heteroatoms. The molecule has 6 rings (SSSR count). The monoisotopic (exact) mass is 451 g/mol. The van der Waals surface area contributed by atoms with Gasteiger partial charge in [0.2, 0.25) is 5.95 Å². The van der Waals surface area contributed by atoms with Gasteiger partial charge in [-0.1, -0.05) is 42.0 Å². The Kier molecular flexibility index (Phi) is 5.05. The van der Waals surface area contributed by atoms with Gasteiger partial charge in [0.15, 0.2) is 0 Å². The molecule has 2 atom stereocenters. The van der Waals surface area contributed by atoms with Gasteiger partial charge in [-0.05, 0) is 25.1 Å². The number of nitrogens with zero attached hydrogens (tertiary/aromatic N) is 7. The summed E-state index contributed by atoms with van der Waals surface area (Å²) in [5, 5.41) is 8.46. The summed E-state index contributed by atoms with van der Waals surface area (Å²) in [7, 11) is 0. The molecule has 34 heavy (non-hydrogen) atoms. The van der Waals surface area contributed by atoms with Crippen LogP contribution in [0.3, 0.4) is 0 Å². The zero-order chi connectivity index (χ0) is 23.1. The molecule has 2 aromatic heterocycles. The highest BCUT2D eigenvalue weighted by atomic mass is 16.2. The number of carbonyl (C=O) groups excluding carboxylic acids is 1. The highest BCUT2D eigenvalue weighted by Crippen LogP contribution is 2.34. The summed E-state index contributed by atoms with van der Waals surface area (Å²) >= 11 is 0. The van der Waals surface area contributed by atoms with Crippen LogP contribution in [0.5, 0.6) is 0 Å². The zero-order valence-corrected chi connectivity index (χ0v) is 19.0. The lowest BCUT2D eigenvalue weighted by Crippen LogP contribution is -2.34. The number of anilines is 1. The fourth-order valence-corrected chi connectivity index (χ4v) is 5.10. The molecule has 2 saturated heterocycles. The van der Waals surface area contributed by atoms with E-state index in [1.54, 1.807) is 12.4 Å². The minimum atomic E-state index is 0.0410. The molecule has 0 aliphatic carbocycles. The molecule has 2 unspecified atom stereocenters. The van der Waals surface area contributed by atoms with E-state index in [0.29, 0.717) is 23.1 Å². The number of aromatic nitrogens is 5. The molecule has 2 aliphatic heterocycles. The summed E-state index contributed by atoms with van der Waals surface area (Å²) in [6.45, 7) is 5.18. The number of rotatable bonds is 4. The molecule has 2 fully saturated rings. The summed E-state index contributed by atoms with van der Waals surface area (Å²) in [5.41, 5.74) is 4.42. The number of aryl methyl sites for hydroxylation is 1. The van der Waals surface area contributed by atoms with E-state index in [2.05, 4.69) is 32.2 Å². The third-order valence-electron chi connectivity index (χ3n) is 6.79. The Hall–Kier alpha value is -4.07. The fraction of sp³-hybridized carbons (Fsp3) is 0.269. The van der Waals surface area contributed by atoms with Crippen LogP contribution in [0, 0.1) is 18.8 Å². The number of carbonyl (C=O) groups is 1. The summed E-state index contributed by atoms with van der Waals surface area (Å²) in [4.78, 5) is 28.6. The van der Waals surface area contributed by atoms with Gasteiger partial charge in [-0.3, -0.25) is 4.79 Å². The predicted octanol–water partition coefficient (Wildman–Crippen LogP) is 3.24. The number of hydrogen-bond donors (Lipinski definition) is 0. The highest BCUT2D eigenvalue weighted by molar-refractivity contribution is 5.98. The van der Waals surface area contributed by atoms with Crippen molar-refractivity contribution in [2.75, 3.05) is 31.1 Å². The first-order valence-electron chi connectivity index (χ1n) is 11.6. The second-order valence-electron chi connectivity index (χ2n) is 9.08. The fourth-order valence-electron chi connectivity index (χ4n) is 5.10. The Labute approximate surface area is 197 Å². The van der Waals surface area contributed by atoms with Crippen molar-refractivity contribution in [3.63, 3.8) is 0 Å². The van der Waals surface area contributed by atoms with Crippen molar-refractivity contribution in [3.05, 3.63) is 84.3 Å². The number of hydrogen-bond acceptors (Lipinski definition) is 6. The lowest BCUT2D eigenvalue weighted by molar-refractivity contribution is 0.0782. The minimum absolute atomic E-state index is 0.0410. The van der Waals surface area contributed by atoms with E-state index >= 15 is 0 Å². The van der Waals surface area contributed by atoms with Crippen LogP contribution in [-0.4, -0.2) is 61.9 Å².